The van der Waals surface area contributed by atoms with E-state index in [9.17, 15) is 8.42 Å². The summed E-state index contributed by atoms with van der Waals surface area (Å²) in [5.74, 6) is 0.209. The van der Waals surface area contributed by atoms with Gasteiger partial charge in [-0.1, -0.05) is 27.7 Å². The summed E-state index contributed by atoms with van der Waals surface area (Å²) < 4.78 is 25.9. The molecule has 17 heavy (non-hydrogen) atoms. The molecule has 1 rings (SSSR count). The molecule has 1 atom stereocenters. The SMILES string of the molecule is CC(C)(C)CS(=O)(=O)N1CCC(C)(CN)C1.Cl. The number of nitrogens with zero attached hydrogens (tertiary/aromatic N) is 1. The van der Waals surface area contributed by atoms with Crippen LogP contribution in [0.1, 0.15) is 34.1 Å². The summed E-state index contributed by atoms with van der Waals surface area (Å²) in [6.07, 6.45) is 0.868. The van der Waals surface area contributed by atoms with Crippen LogP contribution in [0.5, 0.6) is 0 Å². The van der Waals surface area contributed by atoms with Crippen LogP contribution in [-0.4, -0.2) is 38.1 Å². The summed E-state index contributed by atoms with van der Waals surface area (Å²) in [6.45, 7) is 9.64. The van der Waals surface area contributed by atoms with Gasteiger partial charge in [0.25, 0.3) is 0 Å². The molecule has 1 saturated heterocycles. The predicted molar refractivity (Wildman–Crippen MR) is 73.8 cm³/mol. The molecule has 104 valence electrons. The molecule has 0 amide bonds. The Hall–Kier alpha value is 0.160. The van der Waals surface area contributed by atoms with Gasteiger partial charge in [-0.05, 0) is 23.8 Å². The molecule has 0 spiro atoms. The Labute approximate surface area is 111 Å². The zero-order valence-corrected chi connectivity index (χ0v) is 12.8. The van der Waals surface area contributed by atoms with Crippen LogP contribution in [0.3, 0.4) is 0 Å². The Balaban J connectivity index is 0.00000256. The van der Waals surface area contributed by atoms with Gasteiger partial charge in [-0.25, -0.2) is 12.7 Å². The molecule has 1 fully saturated rings. The lowest BCUT2D eigenvalue weighted by Gasteiger charge is -2.25. The molecule has 1 unspecified atom stereocenters. The molecule has 0 aromatic rings. The molecule has 1 aliphatic rings. The highest BCUT2D eigenvalue weighted by atomic mass is 35.5. The first-order valence-electron chi connectivity index (χ1n) is 5.76. The predicted octanol–water partition coefficient (Wildman–Crippen LogP) is 1.45. The van der Waals surface area contributed by atoms with E-state index in [2.05, 4.69) is 6.92 Å². The minimum atomic E-state index is -3.12. The van der Waals surface area contributed by atoms with Crippen molar-refractivity contribution >= 4 is 22.4 Å². The molecule has 1 aliphatic heterocycles. The van der Waals surface area contributed by atoms with Gasteiger partial charge in [-0.3, -0.25) is 0 Å². The van der Waals surface area contributed by atoms with Gasteiger partial charge in [-0.2, -0.15) is 0 Å². The molecule has 1 heterocycles. The van der Waals surface area contributed by atoms with Crippen LogP contribution < -0.4 is 5.73 Å². The van der Waals surface area contributed by atoms with Crippen molar-refractivity contribution in [1.82, 2.24) is 4.31 Å². The average Bonchev–Trinajstić information content (AvgIpc) is 2.45. The number of sulfonamides is 1. The molecule has 0 aromatic carbocycles. The minimum Gasteiger partial charge on any atom is -0.330 e. The largest absolute Gasteiger partial charge is 0.330 e. The Morgan fingerprint density at radius 1 is 1.35 bits per heavy atom. The van der Waals surface area contributed by atoms with Gasteiger partial charge in [0.05, 0.1) is 5.75 Å². The molecule has 0 bridgehead atoms. The van der Waals surface area contributed by atoms with Crippen LogP contribution in [0.2, 0.25) is 0 Å². The van der Waals surface area contributed by atoms with E-state index in [0.29, 0.717) is 19.6 Å². The Morgan fingerprint density at radius 3 is 2.24 bits per heavy atom. The molecule has 2 N–H and O–H groups in total. The van der Waals surface area contributed by atoms with Crippen LogP contribution in [0.15, 0.2) is 0 Å². The van der Waals surface area contributed by atoms with E-state index in [1.807, 2.05) is 20.8 Å². The molecular weight excluding hydrogens is 260 g/mol. The van der Waals surface area contributed by atoms with E-state index in [1.165, 1.54) is 0 Å². The maximum Gasteiger partial charge on any atom is 0.214 e. The summed E-state index contributed by atoms with van der Waals surface area (Å²) in [5.41, 5.74) is 5.45. The number of hydrogen-bond acceptors (Lipinski definition) is 3. The first-order chi connectivity index (χ1) is 7.08. The van der Waals surface area contributed by atoms with Crippen LogP contribution >= 0.6 is 12.4 Å². The minimum absolute atomic E-state index is 0. The third kappa shape index (κ3) is 4.73. The van der Waals surface area contributed by atoms with Gasteiger partial charge in [0.15, 0.2) is 0 Å². The molecule has 0 radical (unpaired) electrons. The summed E-state index contributed by atoms with van der Waals surface area (Å²) in [5, 5.41) is 0. The van der Waals surface area contributed by atoms with Gasteiger partial charge in [0.2, 0.25) is 10.0 Å². The van der Waals surface area contributed by atoms with Gasteiger partial charge in [0, 0.05) is 13.1 Å². The fourth-order valence-corrected chi connectivity index (χ4v) is 4.18. The fourth-order valence-electron chi connectivity index (χ4n) is 2.02. The van der Waals surface area contributed by atoms with Crippen molar-refractivity contribution in [2.45, 2.75) is 34.1 Å². The number of halogens is 1. The molecule has 4 nitrogen and oxygen atoms in total. The van der Waals surface area contributed by atoms with Crippen molar-refractivity contribution in [3.8, 4) is 0 Å². The lowest BCUT2D eigenvalue weighted by molar-refractivity contribution is 0.346. The van der Waals surface area contributed by atoms with Crippen LogP contribution in [0.25, 0.3) is 0 Å². The van der Waals surface area contributed by atoms with E-state index in [-0.39, 0.29) is 29.0 Å². The zero-order chi connectivity index (χ0) is 12.6. The lowest BCUT2D eigenvalue weighted by Crippen LogP contribution is -2.38. The number of nitrogens with two attached hydrogens (primary N) is 1. The second kappa shape index (κ2) is 5.43. The fraction of sp³-hybridized carbons (Fsp3) is 1.00. The second-order valence-corrected chi connectivity index (χ2v) is 8.38. The summed E-state index contributed by atoms with van der Waals surface area (Å²) in [4.78, 5) is 0. The van der Waals surface area contributed by atoms with E-state index in [0.717, 1.165) is 6.42 Å². The van der Waals surface area contributed by atoms with Crippen LogP contribution in [0.4, 0.5) is 0 Å². The second-order valence-electron chi connectivity index (χ2n) is 6.42. The highest BCUT2D eigenvalue weighted by Gasteiger charge is 2.39. The molecule has 0 saturated carbocycles. The molecular formula is C11H25ClN2O2S. The summed E-state index contributed by atoms with van der Waals surface area (Å²) in [7, 11) is -3.12. The third-order valence-electron chi connectivity index (χ3n) is 3.02. The zero-order valence-electron chi connectivity index (χ0n) is 11.2. The molecule has 0 aliphatic carbocycles. The van der Waals surface area contributed by atoms with Crippen LogP contribution in [-0.2, 0) is 10.0 Å². The topological polar surface area (TPSA) is 63.4 Å². The van der Waals surface area contributed by atoms with E-state index in [4.69, 9.17) is 5.73 Å². The monoisotopic (exact) mass is 284 g/mol. The third-order valence-corrected chi connectivity index (χ3v) is 5.35. The van der Waals surface area contributed by atoms with Gasteiger partial charge < -0.3 is 5.73 Å². The van der Waals surface area contributed by atoms with Crippen molar-refractivity contribution in [2.75, 3.05) is 25.4 Å². The standard InChI is InChI=1S/C11H24N2O2S.ClH/c1-10(2,3)9-16(14,15)13-6-5-11(4,7-12)8-13;/h5-9,12H2,1-4H3;1H. The smallest absolute Gasteiger partial charge is 0.214 e. The molecule has 0 aromatic heterocycles. The van der Waals surface area contributed by atoms with Crippen molar-refractivity contribution in [1.29, 1.82) is 0 Å². The van der Waals surface area contributed by atoms with Crippen LogP contribution in [0, 0.1) is 10.8 Å². The lowest BCUT2D eigenvalue weighted by atomic mass is 9.90. The van der Waals surface area contributed by atoms with Crippen molar-refractivity contribution in [3.63, 3.8) is 0 Å². The van der Waals surface area contributed by atoms with E-state index in [1.54, 1.807) is 4.31 Å². The first-order valence-corrected chi connectivity index (χ1v) is 7.37. The quantitative estimate of drug-likeness (QED) is 0.853. The van der Waals surface area contributed by atoms with E-state index < -0.39 is 10.0 Å². The average molecular weight is 285 g/mol. The highest BCUT2D eigenvalue weighted by Crippen LogP contribution is 2.31. The maximum atomic E-state index is 12.1. The first kappa shape index (κ1) is 17.2. The van der Waals surface area contributed by atoms with Gasteiger partial charge in [0.1, 0.15) is 0 Å². The summed E-state index contributed by atoms with van der Waals surface area (Å²) >= 11 is 0. The van der Waals surface area contributed by atoms with Gasteiger partial charge in [-0.15, -0.1) is 12.4 Å². The van der Waals surface area contributed by atoms with Crippen molar-refractivity contribution in [2.24, 2.45) is 16.6 Å². The Kier molecular flexibility index (Phi) is 5.48. The molecule has 6 heteroatoms. The van der Waals surface area contributed by atoms with E-state index >= 15 is 0 Å². The van der Waals surface area contributed by atoms with Gasteiger partial charge >= 0.3 is 0 Å². The maximum absolute atomic E-state index is 12.1. The van der Waals surface area contributed by atoms with Crippen molar-refractivity contribution in [3.05, 3.63) is 0 Å². The number of hydrogen-bond donors (Lipinski definition) is 1. The number of rotatable bonds is 3. The highest BCUT2D eigenvalue weighted by molar-refractivity contribution is 7.89. The Morgan fingerprint density at radius 2 is 1.88 bits per heavy atom. The van der Waals surface area contributed by atoms with Crippen molar-refractivity contribution < 1.29 is 8.42 Å². The Bertz CT molecular complexity index is 351. The summed E-state index contributed by atoms with van der Waals surface area (Å²) in [6, 6.07) is 0. The normalized spacial score (nSPS) is 26.9.